The summed E-state index contributed by atoms with van der Waals surface area (Å²) in [7, 11) is 0. The summed E-state index contributed by atoms with van der Waals surface area (Å²) in [6.45, 7) is 0.919. The van der Waals surface area contributed by atoms with E-state index in [2.05, 4.69) is 4.98 Å². The van der Waals surface area contributed by atoms with Gasteiger partial charge in [-0.15, -0.1) is 12.4 Å². The van der Waals surface area contributed by atoms with Crippen LogP contribution in [-0.4, -0.2) is 21.4 Å². The van der Waals surface area contributed by atoms with Crippen LogP contribution >= 0.6 is 12.4 Å². The highest BCUT2D eigenvalue weighted by Crippen LogP contribution is 2.35. The van der Waals surface area contributed by atoms with E-state index in [1.807, 2.05) is 0 Å². The molecular weight excluding hydrogens is 273 g/mol. The van der Waals surface area contributed by atoms with Gasteiger partial charge in [0.25, 0.3) is 0 Å². The van der Waals surface area contributed by atoms with Gasteiger partial charge in [0, 0.05) is 23.4 Å². The zero-order valence-electron chi connectivity index (χ0n) is 9.53. The molecule has 0 bridgehead atoms. The van der Waals surface area contributed by atoms with Gasteiger partial charge in [-0.2, -0.15) is 13.2 Å². The molecule has 1 aromatic rings. The lowest BCUT2D eigenvalue weighted by Gasteiger charge is -2.19. The number of aromatic nitrogens is 1. The molecule has 0 amide bonds. The highest BCUT2D eigenvalue weighted by molar-refractivity contribution is 5.85. The van der Waals surface area contributed by atoms with Crippen molar-refractivity contribution < 1.29 is 23.4 Å². The van der Waals surface area contributed by atoms with Crippen LogP contribution in [0.25, 0.3) is 0 Å². The van der Waals surface area contributed by atoms with Gasteiger partial charge < -0.3 is 15.9 Å². The van der Waals surface area contributed by atoms with Crippen molar-refractivity contribution in [2.45, 2.75) is 32.2 Å². The first-order valence-corrected chi connectivity index (χ1v) is 4.86. The Morgan fingerprint density at radius 1 is 1.44 bits per heavy atom. The second kappa shape index (κ2) is 6.21. The maximum Gasteiger partial charge on any atom is 0.390 e. The van der Waals surface area contributed by atoms with Gasteiger partial charge in [0.1, 0.15) is 5.75 Å². The topological polar surface area (TPSA) is 79.4 Å². The standard InChI is InChI=1S/C10H13F3N2O2.ClH/c1-5-9(17)8(6(4-16)3-15-5)7(14)2-10(11,12)13;/h3,7,16-17H,2,4,14H2,1H3;1H/t7-;/m1./s1. The van der Waals surface area contributed by atoms with Gasteiger partial charge in [-0.1, -0.05) is 0 Å². The minimum Gasteiger partial charge on any atom is -0.506 e. The zero-order chi connectivity index (χ0) is 13.2. The van der Waals surface area contributed by atoms with Crippen molar-refractivity contribution in [3.05, 3.63) is 23.0 Å². The summed E-state index contributed by atoms with van der Waals surface area (Å²) >= 11 is 0. The Morgan fingerprint density at radius 2 is 2.00 bits per heavy atom. The number of hydrogen-bond donors (Lipinski definition) is 3. The van der Waals surface area contributed by atoms with Crippen LogP contribution in [0.4, 0.5) is 13.2 Å². The quantitative estimate of drug-likeness (QED) is 0.793. The maximum absolute atomic E-state index is 12.2. The average Bonchev–Trinajstić information content (AvgIpc) is 2.19. The number of pyridine rings is 1. The number of nitrogens with zero attached hydrogens (tertiary/aromatic N) is 1. The summed E-state index contributed by atoms with van der Waals surface area (Å²) in [6, 6.07) is -1.42. The molecule has 0 aliphatic rings. The van der Waals surface area contributed by atoms with Crippen LogP contribution in [0.1, 0.15) is 29.3 Å². The van der Waals surface area contributed by atoms with Gasteiger partial charge >= 0.3 is 6.18 Å². The number of rotatable bonds is 3. The first-order valence-electron chi connectivity index (χ1n) is 4.86. The lowest BCUT2D eigenvalue weighted by molar-refractivity contribution is -0.138. The molecule has 1 atom stereocenters. The molecule has 8 heteroatoms. The van der Waals surface area contributed by atoms with E-state index >= 15 is 0 Å². The van der Waals surface area contributed by atoms with Crippen molar-refractivity contribution in [1.29, 1.82) is 0 Å². The summed E-state index contributed by atoms with van der Waals surface area (Å²) < 4.78 is 36.7. The monoisotopic (exact) mass is 286 g/mol. The third kappa shape index (κ3) is 4.01. The van der Waals surface area contributed by atoms with E-state index in [9.17, 15) is 18.3 Å². The Bertz CT molecular complexity index is 413. The van der Waals surface area contributed by atoms with Crippen LogP contribution in [-0.2, 0) is 6.61 Å². The minimum atomic E-state index is -4.43. The smallest absolute Gasteiger partial charge is 0.390 e. The Labute approximate surface area is 108 Å². The molecule has 0 aromatic carbocycles. The van der Waals surface area contributed by atoms with Crippen molar-refractivity contribution in [2.75, 3.05) is 0 Å². The van der Waals surface area contributed by atoms with E-state index in [0.717, 1.165) is 0 Å². The molecule has 0 aliphatic heterocycles. The molecule has 0 saturated carbocycles. The van der Waals surface area contributed by atoms with E-state index in [0.29, 0.717) is 0 Å². The molecule has 4 nitrogen and oxygen atoms in total. The number of alkyl halides is 3. The number of aryl methyl sites for hydroxylation is 1. The molecule has 18 heavy (non-hydrogen) atoms. The second-order valence-electron chi connectivity index (χ2n) is 3.72. The van der Waals surface area contributed by atoms with Crippen LogP contribution in [0.5, 0.6) is 5.75 Å². The maximum atomic E-state index is 12.2. The Hall–Kier alpha value is -1.05. The van der Waals surface area contributed by atoms with Crippen LogP contribution < -0.4 is 5.73 Å². The highest BCUT2D eigenvalue weighted by Gasteiger charge is 2.33. The van der Waals surface area contributed by atoms with Crippen LogP contribution in [0.2, 0.25) is 0 Å². The molecule has 0 unspecified atom stereocenters. The van der Waals surface area contributed by atoms with Crippen LogP contribution in [0, 0.1) is 6.92 Å². The predicted molar refractivity (Wildman–Crippen MR) is 61.4 cm³/mol. The number of hydrogen-bond acceptors (Lipinski definition) is 4. The van der Waals surface area contributed by atoms with Gasteiger partial charge in [0.2, 0.25) is 0 Å². The fraction of sp³-hybridized carbons (Fsp3) is 0.500. The fourth-order valence-corrected chi connectivity index (χ4v) is 1.54. The average molecular weight is 287 g/mol. The van der Waals surface area contributed by atoms with Gasteiger partial charge in [0.05, 0.1) is 18.7 Å². The summed E-state index contributed by atoms with van der Waals surface area (Å²) in [6.07, 6.45) is -4.49. The number of aliphatic hydroxyl groups excluding tert-OH is 1. The Balaban J connectivity index is 0.00000289. The van der Waals surface area contributed by atoms with Crippen molar-refractivity contribution in [3.8, 4) is 5.75 Å². The Morgan fingerprint density at radius 3 is 2.44 bits per heavy atom. The number of aromatic hydroxyl groups is 1. The molecule has 0 spiro atoms. The van der Waals surface area contributed by atoms with E-state index in [4.69, 9.17) is 10.8 Å². The largest absolute Gasteiger partial charge is 0.506 e. The molecule has 1 rings (SSSR count). The second-order valence-corrected chi connectivity index (χ2v) is 3.72. The predicted octanol–water partition coefficient (Wildman–Crippen LogP) is 1.96. The van der Waals surface area contributed by atoms with E-state index in [1.165, 1.54) is 13.1 Å². The van der Waals surface area contributed by atoms with Crippen LogP contribution in [0.3, 0.4) is 0 Å². The van der Waals surface area contributed by atoms with Crippen molar-refractivity contribution in [3.63, 3.8) is 0 Å². The van der Waals surface area contributed by atoms with Gasteiger partial charge in [-0.05, 0) is 6.92 Å². The first kappa shape index (κ1) is 16.9. The molecule has 0 radical (unpaired) electrons. The third-order valence-corrected chi connectivity index (χ3v) is 2.35. The summed E-state index contributed by atoms with van der Waals surface area (Å²) in [4.78, 5) is 3.74. The number of aliphatic hydroxyl groups is 1. The minimum absolute atomic E-state index is 0. The lowest BCUT2D eigenvalue weighted by Crippen LogP contribution is -2.22. The third-order valence-electron chi connectivity index (χ3n) is 2.35. The van der Waals surface area contributed by atoms with Crippen LogP contribution in [0.15, 0.2) is 6.20 Å². The first-order chi connectivity index (χ1) is 7.76. The lowest BCUT2D eigenvalue weighted by atomic mass is 9.98. The van der Waals surface area contributed by atoms with Crippen molar-refractivity contribution >= 4 is 12.4 Å². The molecule has 4 N–H and O–H groups in total. The molecular formula is C10H14ClF3N2O2. The van der Waals surface area contributed by atoms with E-state index < -0.39 is 31.0 Å². The van der Waals surface area contributed by atoms with Crippen molar-refractivity contribution in [2.24, 2.45) is 5.73 Å². The molecule has 0 saturated heterocycles. The summed E-state index contributed by atoms with van der Waals surface area (Å²) in [5, 5.41) is 18.6. The van der Waals surface area contributed by atoms with Gasteiger partial charge in [-0.25, -0.2) is 0 Å². The molecule has 0 fully saturated rings. The van der Waals surface area contributed by atoms with Gasteiger partial charge in [0.15, 0.2) is 0 Å². The number of nitrogens with two attached hydrogens (primary N) is 1. The fourth-order valence-electron chi connectivity index (χ4n) is 1.54. The highest BCUT2D eigenvalue weighted by atomic mass is 35.5. The summed E-state index contributed by atoms with van der Waals surface area (Å²) in [5.74, 6) is -0.395. The Kier molecular flexibility index (Phi) is 5.85. The molecule has 1 heterocycles. The van der Waals surface area contributed by atoms with Gasteiger partial charge in [-0.3, -0.25) is 4.98 Å². The SMILES string of the molecule is Cc1ncc(CO)c([C@H](N)CC(F)(F)F)c1O.Cl. The molecule has 104 valence electrons. The normalized spacial score (nSPS) is 13.0. The summed E-state index contributed by atoms with van der Waals surface area (Å²) in [5.41, 5.74) is 5.59. The molecule has 1 aromatic heterocycles. The number of halogens is 4. The molecule has 0 aliphatic carbocycles. The zero-order valence-corrected chi connectivity index (χ0v) is 10.3. The van der Waals surface area contributed by atoms with Crippen molar-refractivity contribution in [1.82, 2.24) is 4.98 Å². The van der Waals surface area contributed by atoms with E-state index in [-0.39, 0.29) is 29.2 Å². The van der Waals surface area contributed by atoms with E-state index in [1.54, 1.807) is 0 Å².